The molecule has 0 saturated carbocycles. The zero-order valence-corrected chi connectivity index (χ0v) is 12.7. The lowest BCUT2D eigenvalue weighted by Gasteiger charge is -2.13. The molecule has 0 fully saturated rings. The molecular formula is C14H20N2O3S. The Morgan fingerprint density at radius 1 is 1.40 bits per heavy atom. The van der Waals surface area contributed by atoms with Crippen LogP contribution in [0.3, 0.4) is 0 Å². The van der Waals surface area contributed by atoms with Gasteiger partial charge in [0.15, 0.2) is 0 Å². The van der Waals surface area contributed by atoms with E-state index in [1.807, 2.05) is 6.26 Å². The Balaban J connectivity index is 2.64. The summed E-state index contributed by atoms with van der Waals surface area (Å²) < 4.78 is 0. The number of aromatic carboxylic acids is 1. The minimum Gasteiger partial charge on any atom is -0.478 e. The molecule has 1 aromatic carbocycles. The van der Waals surface area contributed by atoms with Gasteiger partial charge in [0, 0.05) is 11.8 Å². The summed E-state index contributed by atoms with van der Waals surface area (Å²) in [6, 6.07) is 4.51. The largest absolute Gasteiger partial charge is 0.478 e. The zero-order valence-electron chi connectivity index (χ0n) is 11.9. The van der Waals surface area contributed by atoms with E-state index in [4.69, 9.17) is 5.11 Å². The number of rotatable bonds is 6. The fourth-order valence-corrected chi connectivity index (χ4v) is 2.03. The molecule has 20 heavy (non-hydrogen) atoms. The van der Waals surface area contributed by atoms with Crippen LogP contribution in [-0.4, -0.2) is 35.2 Å². The van der Waals surface area contributed by atoms with Crippen molar-refractivity contribution in [1.29, 1.82) is 0 Å². The van der Waals surface area contributed by atoms with E-state index in [0.717, 1.165) is 12.0 Å². The summed E-state index contributed by atoms with van der Waals surface area (Å²) in [5.74, 6) is -1.06. The predicted octanol–water partition coefficient (Wildman–Crippen LogP) is 2.96. The molecule has 1 rings (SSSR count). The number of carboxylic acids is 1. The number of benzene rings is 1. The van der Waals surface area contributed by atoms with E-state index >= 15 is 0 Å². The minimum absolute atomic E-state index is 0.0950. The Kier molecular flexibility index (Phi) is 6.38. The van der Waals surface area contributed by atoms with Crippen molar-refractivity contribution in [3.05, 3.63) is 29.3 Å². The van der Waals surface area contributed by atoms with Crippen LogP contribution in [-0.2, 0) is 0 Å². The number of anilines is 1. The van der Waals surface area contributed by atoms with Crippen molar-refractivity contribution in [2.75, 3.05) is 18.1 Å². The molecule has 0 aliphatic heterocycles. The van der Waals surface area contributed by atoms with Crippen molar-refractivity contribution < 1.29 is 14.7 Å². The van der Waals surface area contributed by atoms with Crippen molar-refractivity contribution >= 4 is 29.4 Å². The third kappa shape index (κ3) is 4.77. The van der Waals surface area contributed by atoms with E-state index in [9.17, 15) is 9.59 Å². The van der Waals surface area contributed by atoms with E-state index < -0.39 is 5.97 Å². The topological polar surface area (TPSA) is 78.4 Å². The van der Waals surface area contributed by atoms with Crippen LogP contribution in [0.2, 0.25) is 0 Å². The molecule has 0 aliphatic carbocycles. The van der Waals surface area contributed by atoms with Crippen LogP contribution in [0.25, 0.3) is 0 Å². The Labute approximate surface area is 123 Å². The average Bonchev–Trinajstić information content (AvgIpc) is 2.40. The molecule has 3 N–H and O–H groups in total. The number of thioether (sulfide) groups is 1. The Morgan fingerprint density at radius 3 is 2.70 bits per heavy atom. The summed E-state index contributed by atoms with van der Waals surface area (Å²) in [6.07, 6.45) is 2.89. The smallest absolute Gasteiger partial charge is 0.337 e. The molecule has 6 heteroatoms. The third-order valence-corrected chi connectivity index (χ3v) is 4.02. The number of carbonyl (C=O) groups is 2. The molecule has 110 valence electrons. The third-order valence-electron chi connectivity index (χ3n) is 2.98. The van der Waals surface area contributed by atoms with E-state index in [-0.39, 0.29) is 11.6 Å². The number of para-hydroxylation sites is 1. The molecule has 0 heterocycles. The number of amides is 2. The molecule has 1 atom stereocenters. The highest BCUT2D eigenvalue weighted by Crippen LogP contribution is 2.20. The average molecular weight is 296 g/mol. The predicted molar refractivity (Wildman–Crippen MR) is 82.8 cm³/mol. The van der Waals surface area contributed by atoms with Crippen LogP contribution >= 0.6 is 11.8 Å². The number of carbonyl (C=O) groups excluding carboxylic acids is 1. The number of hydrogen-bond acceptors (Lipinski definition) is 3. The van der Waals surface area contributed by atoms with Crippen LogP contribution in [0.5, 0.6) is 0 Å². The van der Waals surface area contributed by atoms with Gasteiger partial charge in [0.1, 0.15) is 0 Å². The molecule has 0 bridgehead atoms. The number of aryl methyl sites for hydroxylation is 1. The van der Waals surface area contributed by atoms with Gasteiger partial charge in [-0.2, -0.15) is 11.8 Å². The molecular weight excluding hydrogens is 276 g/mol. The van der Waals surface area contributed by atoms with Crippen molar-refractivity contribution in [3.8, 4) is 0 Å². The summed E-state index contributed by atoms with van der Waals surface area (Å²) in [5, 5.41) is 14.9. The van der Waals surface area contributed by atoms with Crippen molar-refractivity contribution in [2.45, 2.75) is 25.5 Å². The van der Waals surface area contributed by atoms with Gasteiger partial charge in [-0.1, -0.05) is 19.1 Å². The van der Waals surface area contributed by atoms with Gasteiger partial charge in [0.05, 0.1) is 11.3 Å². The summed E-state index contributed by atoms with van der Waals surface area (Å²) in [5.41, 5.74) is 1.16. The van der Waals surface area contributed by atoms with Crippen LogP contribution in [0.1, 0.15) is 29.3 Å². The van der Waals surface area contributed by atoms with Gasteiger partial charge in [-0.05, 0) is 31.2 Å². The molecule has 0 spiro atoms. The summed E-state index contributed by atoms with van der Waals surface area (Å²) in [6.45, 7) is 4.41. The van der Waals surface area contributed by atoms with E-state index in [1.165, 1.54) is 6.07 Å². The van der Waals surface area contributed by atoms with Gasteiger partial charge in [0.2, 0.25) is 0 Å². The summed E-state index contributed by atoms with van der Waals surface area (Å²) >= 11 is 1.74. The second kappa shape index (κ2) is 7.79. The second-order valence-electron chi connectivity index (χ2n) is 4.52. The number of nitrogens with one attached hydrogen (secondary N) is 2. The highest BCUT2D eigenvalue weighted by Gasteiger charge is 2.14. The van der Waals surface area contributed by atoms with E-state index in [2.05, 4.69) is 17.6 Å². The first-order valence-corrected chi connectivity index (χ1v) is 7.65. The summed E-state index contributed by atoms with van der Waals surface area (Å²) in [7, 11) is 0. The second-order valence-corrected chi connectivity index (χ2v) is 5.79. The maximum Gasteiger partial charge on any atom is 0.337 e. The van der Waals surface area contributed by atoms with Gasteiger partial charge in [-0.15, -0.1) is 0 Å². The fourth-order valence-electron chi connectivity index (χ4n) is 1.68. The molecule has 0 aromatic heterocycles. The van der Waals surface area contributed by atoms with Crippen molar-refractivity contribution in [2.24, 2.45) is 0 Å². The van der Waals surface area contributed by atoms with Gasteiger partial charge in [-0.25, -0.2) is 9.59 Å². The van der Waals surface area contributed by atoms with E-state index in [0.29, 0.717) is 17.5 Å². The maximum absolute atomic E-state index is 11.8. The Hall–Kier alpha value is -1.69. The first-order valence-electron chi connectivity index (χ1n) is 6.36. The lowest BCUT2D eigenvalue weighted by atomic mass is 10.1. The lowest BCUT2D eigenvalue weighted by molar-refractivity contribution is 0.0698. The molecule has 5 nitrogen and oxygen atoms in total. The van der Waals surface area contributed by atoms with Gasteiger partial charge in [-0.3, -0.25) is 0 Å². The lowest BCUT2D eigenvalue weighted by Crippen LogP contribution is -2.31. The molecule has 0 aliphatic rings. The maximum atomic E-state index is 11.8. The van der Waals surface area contributed by atoms with E-state index in [1.54, 1.807) is 30.8 Å². The minimum atomic E-state index is -1.06. The molecule has 0 saturated heterocycles. The van der Waals surface area contributed by atoms with Gasteiger partial charge >= 0.3 is 12.0 Å². The zero-order chi connectivity index (χ0) is 15.1. The van der Waals surface area contributed by atoms with Crippen LogP contribution < -0.4 is 10.6 Å². The first-order chi connectivity index (χ1) is 9.45. The number of hydrogen-bond donors (Lipinski definition) is 3. The van der Waals surface area contributed by atoms with Crippen molar-refractivity contribution in [1.82, 2.24) is 5.32 Å². The molecule has 1 aromatic rings. The molecule has 0 radical (unpaired) electrons. The highest BCUT2D eigenvalue weighted by atomic mass is 32.2. The molecule has 1 unspecified atom stereocenters. The van der Waals surface area contributed by atoms with Crippen molar-refractivity contribution in [3.63, 3.8) is 0 Å². The monoisotopic (exact) mass is 296 g/mol. The van der Waals surface area contributed by atoms with Gasteiger partial charge in [0.25, 0.3) is 0 Å². The SMILES string of the molecule is CSC(C)CCNC(=O)Nc1c(C)cccc1C(=O)O. The quantitative estimate of drug-likeness (QED) is 0.754. The van der Waals surface area contributed by atoms with Crippen LogP contribution in [0, 0.1) is 6.92 Å². The Bertz CT molecular complexity index is 491. The Morgan fingerprint density at radius 2 is 2.10 bits per heavy atom. The van der Waals surface area contributed by atoms with Gasteiger partial charge < -0.3 is 15.7 Å². The summed E-state index contributed by atoms with van der Waals surface area (Å²) in [4.78, 5) is 22.9. The number of carboxylic acid groups (broad SMARTS) is 1. The molecule has 2 amide bonds. The first kappa shape index (κ1) is 16.4. The number of urea groups is 1. The highest BCUT2D eigenvalue weighted by molar-refractivity contribution is 7.99. The fraction of sp³-hybridized carbons (Fsp3) is 0.429. The standard InChI is InChI=1S/C14H20N2O3S/c1-9-5-4-6-11(13(17)18)12(9)16-14(19)15-8-7-10(2)20-3/h4-6,10H,7-8H2,1-3H3,(H,17,18)(H2,15,16,19). The van der Waals surface area contributed by atoms with Crippen LogP contribution in [0.15, 0.2) is 18.2 Å². The normalized spacial score (nSPS) is 11.8. The van der Waals surface area contributed by atoms with Crippen LogP contribution in [0.4, 0.5) is 10.5 Å².